The number of aromatic amines is 1. The van der Waals surface area contributed by atoms with Gasteiger partial charge in [-0.1, -0.05) is 6.92 Å². The Morgan fingerprint density at radius 3 is 2.85 bits per heavy atom. The highest BCUT2D eigenvalue weighted by atomic mass is 127. The van der Waals surface area contributed by atoms with E-state index in [1.54, 1.807) is 0 Å². The first-order valence-electron chi connectivity index (χ1n) is 4.51. The zero-order valence-electron chi connectivity index (χ0n) is 7.43. The topological polar surface area (TPSA) is 45.8 Å². The van der Waals surface area contributed by atoms with Gasteiger partial charge in [0.15, 0.2) is 0 Å². The molecule has 4 heteroatoms. The quantitative estimate of drug-likeness (QED) is 0.844. The summed E-state index contributed by atoms with van der Waals surface area (Å²) in [7, 11) is 0. The summed E-state index contributed by atoms with van der Waals surface area (Å²) in [5, 5.41) is 0. The Balaban J connectivity index is 2.50. The maximum Gasteiger partial charge on any atom is 0.264 e. The SMILES string of the molecule is CCc1nc(C2CC2)[nH]c(=O)c1I. The Morgan fingerprint density at radius 2 is 2.31 bits per heavy atom. The van der Waals surface area contributed by atoms with E-state index in [0.29, 0.717) is 5.92 Å². The lowest BCUT2D eigenvalue weighted by molar-refractivity contribution is 0.851. The lowest BCUT2D eigenvalue weighted by atomic mass is 10.3. The normalized spacial score (nSPS) is 16.2. The van der Waals surface area contributed by atoms with Crippen molar-refractivity contribution in [2.45, 2.75) is 32.1 Å². The molecule has 0 saturated heterocycles. The van der Waals surface area contributed by atoms with Gasteiger partial charge in [-0.05, 0) is 41.9 Å². The van der Waals surface area contributed by atoms with E-state index in [4.69, 9.17) is 0 Å². The minimum atomic E-state index is 0.0225. The van der Waals surface area contributed by atoms with Crippen molar-refractivity contribution in [2.24, 2.45) is 0 Å². The third-order valence-electron chi connectivity index (χ3n) is 2.25. The summed E-state index contributed by atoms with van der Waals surface area (Å²) in [6.07, 6.45) is 3.18. The van der Waals surface area contributed by atoms with Crippen molar-refractivity contribution < 1.29 is 0 Å². The molecule has 0 radical (unpaired) electrons. The number of aromatic nitrogens is 2. The van der Waals surface area contributed by atoms with Crippen LogP contribution in [0.4, 0.5) is 0 Å². The van der Waals surface area contributed by atoms with Crippen molar-refractivity contribution in [1.29, 1.82) is 0 Å². The summed E-state index contributed by atoms with van der Waals surface area (Å²) >= 11 is 2.06. The number of nitrogens with zero attached hydrogens (tertiary/aromatic N) is 1. The van der Waals surface area contributed by atoms with Crippen LogP contribution < -0.4 is 5.56 Å². The van der Waals surface area contributed by atoms with Gasteiger partial charge < -0.3 is 4.98 Å². The van der Waals surface area contributed by atoms with E-state index in [1.165, 1.54) is 12.8 Å². The molecule has 0 aromatic carbocycles. The predicted molar refractivity (Wildman–Crippen MR) is 58.9 cm³/mol. The third kappa shape index (κ3) is 1.77. The van der Waals surface area contributed by atoms with Crippen molar-refractivity contribution in [3.8, 4) is 0 Å². The Bertz CT molecular complexity index is 382. The lowest BCUT2D eigenvalue weighted by Crippen LogP contribution is -2.17. The van der Waals surface area contributed by atoms with Gasteiger partial charge in [-0.25, -0.2) is 4.98 Å². The van der Waals surface area contributed by atoms with E-state index in [2.05, 4.69) is 32.6 Å². The molecule has 1 aromatic rings. The molecule has 1 N–H and O–H groups in total. The number of rotatable bonds is 2. The minimum Gasteiger partial charge on any atom is -0.309 e. The Morgan fingerprint density at radius 1 is 1.62 bits per heavy atom. The van der Waals surface area contributed by atoms with Gasteiger partial charge in [-0.15, -0.1) is 0 Å². The smallest absolute Gasteiger partial charge is 0.264 e. The van der Waals surface area contributed by atoms with Crippen molar-refractivity contribution in [2.75, 3.05) is 0 Å². The zero-order valence-corrected chi connectivity index (χ0v) is 9.59. The van der Waals surface area contributed by atoms with Gasteiger partial charge in [0.25, 0.3) is 5.56 Å². The summed E-state index contributed by atoms with van der Waals surface area (Å²) in [5.74, 6) is 1.41. The molecule has 1 heterocycles. The highest BCUT2D eigenvalue weighted by molar-refractivity contribution is 14.1. The van der Waals surface area contributed by atoms with E-state index in [0.717, 1.165) is 21.5 Å². The van der Waals surface area contributed by atoms with Crippen LogP contribution in [0.1, 0.15) is 37.2 Å². The van der Waals surface area contributed by atoms with Crippen LogP contribution in [0.2, 0.25) is 0 Å². The molecule has 70 valence electrons. The monoisotopic (exact) mass is 290 g/mol. The second-order valence-electron chi connectivity index (χ2n) is 3.34. The summed E-state index contributed by atoms with van der Waals surface area (Å²) in [4.78, 5) is 18.7. The average molecular weight is 290 g/mol. The van der Waals surface area contributed by atoms with E-state index in [9.17, 15) is 4.79 Å². The summed E-state index contributed by atoms with van der Waals surface area (Å²) in [6, 6.07) is 0. The molecule has 0 amide bonds. The molecular formula is C9H11IN2O. The van der Waals surface area contributed by atoms with E-state index in [-0.39, 0.29) is 5.56 Å². The molecule has 1 fully saturated rings. The highest BCUT2D eigenvalue weighted by Gasteiger charge is 2.26. The van der Waals surface area contributed by atoms with Gasteiger partial charge in [0.2, 0.25) is 0 Å². The highest BCUT2D eigenvalue weighted by Crippen LogP contribution is 2.37. The fraction of sp³-hybridized carbons (Fsp3) is 0.556. The van der Waals surface area contributed by atoms with Crippen LogP contribution in [0.15, 0.2) is 4.79 Å². The molecule has 0 aliphatic heterocycles. The number of nitrogens with one attached hydrogen (secondary N) is 1. The molecule has 3 nitrogen and oxygen atoms in total. The standard InChI is InChI=1S/C9H11IN2O/c1-2-6-7(10)9(13)12-8(11-6)5-3-4-5/h5H,2-4H2,1H3,(H,11,12,13). The first-order valence-corrected chi connectivity index (χ1v) is 5.58. The lowest BCUT2D eigenvalue weighted by Gasteiger charge is -2.02. The molecule has 1 saturated carbocycles. The first kappa shape index (κ1) is 9.18. The fourth-order valence-electron chi connectivity index (χ4n) is 1.31. The van der Waals surface area contributed by atoms with Gasteiger partial charge in [-0.3, -0.25) is 4.79 Å². The van der Waals surface area contributed by atoms with E-state index in [1.807, 2.05) is 6.92 Å². The van der Waals surface area contributed by atoms with Crippen LogP contribution in [-0.2, 0) is 6.42 Å². The van der Waals surface area contributed by atoms with Crippen LogP contribution >= 0.6 is 22.6 Å². The van der Waals surface area contributed by atoms with Crippen molar-refractivity contribution in [1.82, 2.24) is 9.97 Å². The molecule has 0 bridgehead atoms. The maximum absolute atomic E-state index is 11.4. The number of aryl methyl sites for hydroxylation is 1. The van der Waals surface area contributed by atoms with Crippen molar-refractivity contribution in [3.63, 3.8) is 0 Å². The molecule has 0 unspecified atom stereocenters. The van der Waals surface area contributed by atoms with Gasteiger partial charge in [0, 0.05) is 5.92 Å². The van der Waals surface area contributed by atoms with Crippen LogP contribution in [0.25, 0.3) is 0 Å². The molecule has 0 spiro atoms. The molecule has 1 aliphatic carbocycles. The third-order valence-corrected chi connectivity index (χ3v) is 3.36. The molecule has 1 aromatic heterocycles. The minimum absolute atomic E-state index is 0.0225. The van der Waals surface area contributed by atoms with Crippen LogP contribution in [0.5, 0.6) is 0 Å². The molecule has 1 aliphatic rings. The predicted octanol–water partition coefficient (Wildman–Crippen LogP) is 1.81. The van der Waals surface area contributed by atoms with Crippen LogP contribution in [0.3, 0.4) is 0 Å². The second-order valence-corrected chi connectivity index (χ2v) is 4.42. The van der Waals surface area contributed by atoms with Crippen molar-refractivity contribution >= 4 is 22.6 Å². The maximum atomic E-state index is 11.4. The van der Waals surface area contributed by atoms with Gasteiger partial charge >= 0.3 is 0 Å². The molecule has 2 rings (SSSR count). The fourth-order valence-corrected chi connectivity index (χ4v) is 1.95. The van der Waals surface area contributed by atoms with Crippen LogP contribution in [-0.4, -0.2) is 9.97 Å². The number of H-pyrrole nitrogens is 1. The molecule has 0 atom stereocenters. The summed E-state index contributed by atoms with van der Waals surface area (Å²) < 4.78 is 0.740. The molecule has 13 heavy (non-hydrogen) atoms. The van der Waals surface area contributed by atoms with Gasteiger partial charge in [-0.2, -0.15) is 0 Å². The Labute approximate surface area is 90.1 Å². The van der Waals surface area contributed by atoms with Crippen molar-refractivity contribution in [3.05, 3.63) is 25.4 Å². The molecular weight excluding hydrogens is 279 g/mol. The number of halogens is 1. The Kier molecular flexibility index (Phi) is 2.40. The summed E-state index contributed by atoms with van der Waals surface area (Å²) in [6.45, 7) is 2.03. The van der Waals surface area contributed by atoms with Gasteiger partial charge in [0.1, 0.15) is 5.82 Å². The zero-order chi connectivity index (χ0) is 9.42. The Hall–Kier alpha value is -0.390. The van der Waals surface area contributed by atoms with Gasteiger partial charge in [0.05, 0.1) is 9.26 Å². The first-order chi connectivity index (χ1) is 6.22. The largest absolute Gasteiger partial charge is 0.309 e. The second kappa shape index (κ2) is 3.40. The van der Waals surface area contributed by atoms with E-state index < -0.39 is 0 Å². The van der Waals surface area contributed by atoms with E-state index >= 15 is 0 Å². The average Bonchev–Trinajstić information content (AvgIpc) is 2.92. The summed E-state index contributed by atoms with van der Waals surface area (Å²) in [5.41, 5.74) is 0.959. The van der Waals surface area contributed by atoms with Crippen LogP contribution in [0, 0.1) is 3.57 Å². The number of hydrogen-bond donors (Lipinski definition) is 1. The number of hydrogen-bond acceptors (Lipinski definition) is 2.